The average Bonchev–Trinajstić information content (AvgIpc) is 2.51. The molecule has 2 N–H and O–H groups in total. The van der Waals surface area contributed by atoms with E-state index < -0.39 is 27.3 Å². The third-order valence-electron chi connectivity index (χ3n) is 3.05. The Balaban J connectivity index is 1.94. The van der Waals surface area contributed by atoms with Crippen LogP contribution in [0, 0.1) is 5.82 Å². The van der Waals surface area contributed by atoms with Crippen LogP contribution in [0.5, 0.6) is 5.75 Å². The molecule has 1 amide bonds. The Morgan fingerprint density at radius 2 is 1.77 bits per heavy atom. The molecular weight excluding hydrogens is 359 g/mol. The van der Waals surface area contributed by atoms with E-state index in [2.05, 4.69) is 10.0 Å². The minimum Gasteiger partial charge on any atom is -0.484 e. The summed E-state index contributed by atoms with van der Waals surface area (Å²) in [5.41, 5.74) is -0.267. The molecule has 0 bridgehead atoms. The highest BCUT2D eigenvalue weighted by atomic mass is 32.2. The van der Waals surface area contributed by atoms with Crippen LogP contribution in [0.1, 0.15) is 20.8 Å². The van der Waals surface area contributed by atoms with Gasteiger partial charge in [0.1, 0.15) is 11.6 Å². The molecule has 140 valence electrons. The Labute approximate surface area is 152 Å². The van der Waals surface area contributed by atoms with Crippen LogP contribution in [0.4, 0.5) is 10.1 Å². The fourth-order valence-electron chi connectivity index (χ4n) is 2.09. The van der Waals surface area contributed by atoms with Crippen LogP contribution in [0.3, 0.4) is 0 Å². The number of rotatable bonds is 6. The lowest BCUT2D eigenvalue weighted by molar-refractivity contribution is -0.118. The average molecular weight is 380 g/mol. The second-order valence-corrected chi connectivity index (χ2v) is 8.36. The molecule has 0 aromatic heterocycles. The van der Waals surface area contributed by atoms with Gasteiger partial charge in [0.25, 0.3) is 5.91 Å². The maximum Gasteiger partial charge on any atom is 0.262 e. The number of ether oxygens (including phenoxy) is 1. The number of amides is 1. The van der Waals surface area contributed by atoms with E-state index in [1.165, 1.54) is 42.5 Å². The van der Waals surface area contributed by atoms with Crippen molar-refractivity contribution in [1.29, 1.82) is 0 Å². The van der Waals surface area contributed by atoms with Gasteiger partial charge in [-0.15, -0.1) is 0 Å². The lowest BCUT2D eigenvalue weighted by atomic mass is 10.1. The van der Waals surface area contributed by atoms with Gasteiger partial charge in [-0.2, -0.15) is 0 Å². The molecule has 0 spiro atoms. The van der Waals surface area contributed by atoms with E-state index in [0.717, 1.165) is 0 Å². The molecule has 2 rings (SSSR count). The fourth-order valence-corrected chi connectivity index (χ4v) is 3.51. The van der Waals surface area contributed by atoms with Crippen molar-refractivity contribution >= 4 is 21.6 Å². The number of hydrogen-bond donors (Lipinski definition) is 2. The van der Waals surface area contributed by atoms with Crippen molar-refractivity contribution in [2.45, 2.75) is 31.2 Å². The maximum atomic E-state index is 13.1. The van der Waals surface area contributed by atoms with E-state index in [0.29, 0.717) is 11.4 Å². The van der Waals surface area contributed by atoms with E-state index in [1.807, 2.05) is 0 Å². The van der Waals surface area contributed by atoms with Crippen molar-refractivity contribution in [3.8, 4) is 5.75 Å². The van der Waals surface area contributed by atoms with E-state index in [-0.39, 0.29) is 11.5 Å². The highest BCUT2D eigenvalue weighted by Crippen LogP contribution is 2.18. The first-order valence-corrected chi connectivity index (χ1v) is 9.36. The topological polar surface area (TPSA) is 84.5 Å². The van der Waals surface area contributed by atoms with Crippen LogP contribution in [0.25, 0.3) is 0 Å². The molecule has 8 heteroatoms. The number of benzene rings is 2. The van der Waals surface area contributed by atoms with Gasteiger partial charge in [-0.25, -0.2) is 17.5 Å². The van der Waals surface area contributed by atoms with E-state index in [1.54, 1.807) is 26.8 Å². The highest BCUT2D eigenvalue weighted by Gasteiger charge is 2.21. The summed E-state index contributed by atoms with van der Waals surface area (Å²) in [6.45, 7) is 4.96. The number of carbonyl (C=O) groups is 1. The summed E-state index contributed by atoms with van der Waals surface area (Å²) in [5, 5.41) is 2.50. The molecule has 6 nitrogen and oxygen atoms in total. The molecule has 0 unspecified atom stereocenters. The molecule has 2 aromatic carbocycles. The van der Waals surface area contributed by atoms with Crippen LogP contribution < -0.4 is 14.8 Å². The van der Waals surface area contributed by atoms with E-state index in [9.17, 15) is 17.6 Å². The normalized spacial score (nSPS) is 11.8. The van der Waals surface area contributed by atoms with Crippen molar-refractivity contribution in [1.82, 2.24) is 4.72 Å². The van der Waals surface area contributed by atoms with Crippen LogP contribution in [0.15, 0.2) is 53.4 Å². The molecule has 0 aliphatic carbocycles. The third-order valence-corrected chi connectivity index (χ3v) is 4.83. The minimum absolute atomic E-state index is 0.101. The first-order chi connectivity index (χ1) is 12.0. The molecule has 0 aliphatic heterocycles. The number of nitrogens with one attached hydrogen (secondary N) is 2. The summed E-state index contributed by atoms with van der Waals surface area (Å²) in [4.78, 5) is 11.9. The number of carbonyl (C=O) groups excluding carboxylic acids is 1. The molecule has 0 saturated heterocycles. The lowest BCUT2D eigenvalue weighted by Crippen LogP contribution is -2.40. The lowest BCUT2D eigenvalue weighted by Gasteiger charge is -2.20. The Hall–Kier alpha value is -2.45. The van der Waals surface area contributed by atoms with Gasteiger partial charge in [0.15, 0.2) is 6.61 Å². The van der Waals surface area contributed by atoms with Gasteiger partial charge < -0.3 is 10.1 Å². The molecule has 0 atom stereocenters. The number of hydrogen-bond acceptors (Lipinski definition) is 4. The third kappa shape index (κ3) is 6.12. The van der Waals surface area contributed by atoms with Crippen LogP contribution in [-0.2, 0) is 14.8 Å². The Morgan fingerprint density at radius 3 is 2.35 bits per heavy atom. The zero-order valence-corrected chi connectivity index (χ0v) is 15.6. The smallest absolute Gasteiger partial charge is 0.262 e. The molecule has 2 aromatic rings. The Kier molecular flexibility index (Phi) is 5.99. The van der Waals surface area contributed by atoms with Crippen molar-refractivity contribution in [2.75, 3.05) is 11.9 Å². The summed E-state index contributed by atoms with van der Waals surface area (Å²) >= 11 is 0. The fraction of sp³-hybridized carbons (Fsp3) is 0.278. The van der Waals surface area contributed by atoms with Gasteiger partial charge >= 0.3 is 0 Å². The van der Waals surface area contributed by atoms with E-state index in [4.69, 9.17) is 4.74 Å². The Morgan fingerprint density at radius 1 is 1.12 bits per heavy atom. The van der Waals surface area contributed by atoms with Crippen molar-refractivity contribution in [2.24, 2.45) is 0 Å². The summed E-state index contributed by atoms with van der Waals surface area (Å²) in [7, 11) is -3.63. The molecular formula is C18H21FN2O4S. The monoisotopic (exact) mass is 380 g/mol. The first kappa shape index (κ1) is 19.9. The summed E-state index contributed by atoms with van der Waals surface area (Å²) in [5.74, 6) is -0.569. The SMILES string of the molecule is CC(C)(C)NS(=O)(=O)c1ccc(OCC(=O)Nc2cccc(F)c2)cc1. The summed E-state index contributed by atoms with van der Waals surface area (Å²) < 4.78 is 45.4. The molecule has 0 saturated carbocycles. The van der Waals surface area contributed by atoms with E-state index >= 15 is 0 Å². The summed E-state index contributed by atoms with van der Waals surface area (Å²) in [6.07, 6.45) is 0. The standard InChI is InChI=1S/C18H21FN2O4S/c1-18(2,3)21-26(23,24)16-9-7-15(8-10-16)25-12-17(22)20-14-6-4-5-13(19)11-14/h4-11,21H,12H2,1-3H3,(H,20,22). The largest absolute Gasteiger partial charge is 0.484 e. The molecule has 0 radical (unpaired) electrons. The van der Waals surface area contributed by atoms with Gasteiger partial charge in [-0.3, -0.25) is 4.79 Å². The maximum absolute atomic E-state index is 13.1. The van der Waals surface area contributed by atoms with Crippen molar-refractivity contribution in [3.05, 3.63) is 54.3 Å². The second-order valence-electron chi connectivity index (χ2n) is 6.67. The molecule has 0 fully saturated rings. The van der Waals surface area contributed by atoms with Crippen molar-refractivity contribution in [3.63, 3.8) is 0 Å². The predicted octanol–water partition coefficient (Wildman–Crippen LogP) is 2.92. The highest BCUT2D eigenvalue weighted by molar-refractivity contribution is 7.89. The van der Waals surface area contributed by atoms with Gasteiger partial charge in [0.05, 0.1) is 4.90 Å². The molecule has 0 heterocycles. The minimum atomic E-state index is -3.63. The van der Waals surface area contributed by atoms with Crippen molar-refractivity contribution < 1.29 is 22.3 Å². The van der Waals surface area contributed by atoms with Gasteiger partial charge in [-0.05, 0) is 63.2 Å². The number of anilines is 1. The molecule has 0 aliphatic rings. The van der Waals surface area contributed by atoms with Gasteiger partial charge in [-0.1, -0.05) is 6.07 Å². The number of sulfonamides is 1. The quantitative estimate of drug-likeness (QED) is 0.807. The first-order valence-electron chi connectivity index (χ1n) is 7.87. The predicted molar refractivity (Wildman–Crippen MR) is 97.0 cm³/mol. The zero-order valence-electron chi connectivity index (χ0n) is 14.7. The Bertz CT molecular complexity index is 875. The van der Waals surface area contributed by atoms with Crippen LogP contribution >= 0.6 is 0 Å². The van der Waals surface area contributed by atoms with Gasteiger partial charge in [0, 0.05) is 11.2 Å². The summed E-state index contributed by atoms with van der Waals surface area (Å²) in [6, 6.07) is 11.2. The van der Waals surface area contributed by atoms with Gasteiger partial charge in [0.2, 0.25) is 10.0 Å². The second kappa shape index (κ2) is 7.84. The van der Waals surface area contributed by atoms with Crippen LogP contribution in [0.2, 0.25) is 0 Å². The van der Waals surface area contributed by atoms with Crippen LogP contribution in [-0.4, -0.2) is 26.5 Å². The number of halogens is 1. The zero-order chi connectivity index (χ0) is 19.4. The molecule has 26 heavy (non-hydrogen) atoms.